The van der Waals surface area contributed by atoms with E-state index in [1.54, 1.807) is 6.07 Å². The lowest BCUT2D eigenvalue weighted by molar-refractivity contribution is 0.1000. The Morgan fingerprint density at radius 3 is 2.63 bits per heavy atom. The number of rotatable bonds is 3. The summed E-state index contributed by atoms with van der Waals surface area (Å²) in [5, 5.41) is 0. The molecule has 1 heterocycles. The normalized spacial score (nSPS) is 9.79. The average molecular weight is 297 g/mol. The zero-order valence-corrected chi connectivity index (χ0v) is 12.0. The summed E-state index contributed by atoms with van der Waals surface area (Å²) in [5.41, 5.74) is 9.27. The summed E-state index contributed by atoms with van der Waals surface area (Å²) >= 11 is 5.76. The monoisotopic (exact) mass is 296 g/mol. The molecule has 0 aliphatic rings. The van der Waals surface area contributed by atoms with Crippen LogP contribution in [0.4, 0.5) is 0 Å². The summed E-state index contributed by atoms with van der Waals surface area (Å²) in [4.78, 5) is 15.6. The summed E-state index contributed by atoms with van der Waals surface area (Å²) in [6.45, 7) is 1.86. The molecular formula is C14H14Cl2N2O. The fourth-order valence-corrected chi connectivity index (χ4v) is 1.96. The Kier molecular flexibility index (Phi) is 5.33. The van der Waals surface area contributed by atoms with Gasteiger partial charge in [-0.2, -0.15) is 0 Å². The second-order valence-electron chi connectivity index (χ2n) is 4.04. The third-order valence-electron chi connectivity index (χ3n) is 2.73. The Bertz CT molecular complexity index is 600. The molecule has 1 aromatic heterocycles. The van der Waals surface area contributed by atoms with E-state index >= 15 is 0 Å². The van der Waals surface area contributed by atoms with E-state index < -0.39 is 5.91 Å². The molecule has 0 radical (unpaired) electrons. The van der Waals surface area contributed by atoms with Gasteiger partial charge in [0, 0.05) is 11.1 Å². The molecule has 2 rings (SSSR count). The number of benzene rings is 1. The molecule has 2 N–H and O–H groups in total. The van der Waals surface area contributed by atoms with Crippen LogP contribution in [0, 0.1) is 6.92 Å². The predicted molar refractivity (Wildman–Crippen MR) is 79.7 cm³/mol. The van der Waals surface area contributed by atoms with Crippen molar-refractivity contribution in [3.05, 3.63) is 53.2 Å². The van der Waals surface area contributed by atoms with E-state index in [0.29, 0.717) is 11.4 Å². The quantitative estimate of drug-likeness (QED) is 0.884. The van der Waals surface area contributed by atoms with Gasteiger partial charge in [-0.05, 0) is 36.8 Å². The molecule has 0 atom stereocenters. The number of halogens is 2. The molecular weight excluding hydrogens is 283 g/mol. The van der Waals surface area contributed by atoms with Crippen LogP contribution in [0.2, 0.25) is 0 Å². The molecule has 0 spiro atoms. The minimum atomic E-state index is -0.415. The van der Waals surface area contributed by atoms with Gasteiger partial charge in [-0.25, -0.2) is 0 Å². The van der Waals surface area contributed by atoms with Gasteiger partial charge in [0.2, 0.25) is 5.91 Å². The Morgan fingerprint density at radius 2 is 2.05 bits per heavy atom. The van der Waals surface area contributed by atoms with Crippen molar-refractivity contribution in [1.29, 1.82) is 0 Å². The predicted octanol–water partition coefficient (Wildman–Crippen LogP) is 3.32. The molecule has 19 heavy (non-hydrogen) atoms. The first-order valence-corrected chi connectivity index (χ1v) is 6.08. The van der Waals surface area contributed by atoms with Crippen LogP contribution in [0.5, 0.6) is 0 Å². The smallest absolute Gasteiger partial charge is 0.248 e. The second-order valence-corrected chi connectivity index (χ2v) is 4.31. The van der Waals surface area contributed by atoms with Gasteiger partial charge in [0.05, 0.1) is 17.3 Å². The van der Waals surface area contributed by atoms with Crippen molar-refractivity contribution in [2.75, 3.05) is 0 Å². The number of primary amides is 1. The van der Waals surface area contributed by atoms with Crippen LogP contribution in [-0.2, 0) is 5.88 Å². The zero-order valence-electron chi connectivity index (χ0n) is 10.4. The Balaban J connectivity index is 0.00000180. The molecule has 100 valence electrons. The standard InChI is InChI=1S/C14H13ClN2O.ClH/c1-9-7-10(5-6-12(9)14(16)18)13-4-2-3-11(8-15)17-13;/h2-7H,8H2,1H3,(H2,16,18);1H. The lowest BCUT2D eigenvalue weighted by atomic mass is 10.0. The van der Waals surface area contributed by atoms with Crippen LogP contribution in [0.1, 0.15) is 21.6 Å². The summed E-state index contributed by atoms with van der Waals surface area (Å²) in [7, 11) is 0. The Morgan fingerprint density at radius 1 is 1.32 bits per heavy atom. The molecule has 0 fully saturated rings. The Labute approximate surface area is 123 Å². The first-order chi connectivity index (χ1) is 8.61. The molecule has 5 heteroatoms. The number of aryl methyl sites for hydroxylation is 1. The fraction of sp³-hybridized carbons (Fsp3) is 0.143. The SMILES string of the molecule is Cc1cc(-c2cccc(CCl)n2)ccc1C(N)=O.Cl. The first-order valence-electron chi connectivity index (χ1n) is 5.54. The third kappa shape index (κ3) is 3.46. The van der Waals surface area contributed by atoms with E-state index in [9.17, 15) is 4.79 Å². The highest BCUT2D eigenvalue weighted by Crippen LogP contribution is 2.21. The number of alkyl halides is 1. The molecule has 0 aliphatic carbocycles. The van der Waals surface area contributed by atoms with Gasteiger partial charge < -0.3 is 5.73 Å². The van der Waals surface area contributed by atoms with Crippen LogP contribution in [0.25, 0.3) is 11.3 Å². The Hall–Kier alpha value is -1.58. The lowest BCUT2D eigenvalue weighted by Gasteiger charge is -2.06. The molecule has 1 aromatic carbocycles. The minimum absolute atomic E-state index is 0. The van der Waals surface area contributed by atoms with Gasteiger partial charge in [0.1, 0.15) is 0 Å². The maximum absolute atomic E-state index is 11.2. The second kappa shape index (κ2) is 6.55. The molecule has 3 nitrogen and oxygen atoms in total. The van der Waals surface area contributed by atoms with Crippen molar-refractivity contribution < 1.29 is 4.79 Å². The lowest BCUT2D eigenvalue weighted by Crippen LogP contribution is -2.12. The van der Waals surface area contributed by atoms with Crippen LogP contribution in [0.3, 0.4) is 0 Å². The van der Waals surface area contributed by atoms with Crippen molar-refractivity contribution in [2.45, 2.75) is 12.8 Å². The number of carbonyl (C=O) groups excluding carboxylic acids is 1. The van der Waals surface area contributed by atoms with E-state index in [-0.39, 0.29) is 12.4 Å². The zero-order chi connectivity index (χ0) is 13.1. The number of hydrogen-bond donors (Lipinski definition) is 1. The summed E-state index contributed by atoms with van der Waals surface area (Å²) in [6.07, 6.45) is 0. The van der Waals surface area contributed by atoms with Crippen molar-refractivity contribution in [3.63, 3.8) is 0 Å². The van der Waals surface area contributed by atoms with Crippen molar-refractivity contribution >= 4 is 29.9 Å². The van der Waals surface area contributed by atoms with Gasteiger partial charge in [-0.1, -0.05) is 12.1 Å². The van der Waals surface area contributed by atoms with Crippen molar-refractivity contribution in [2.24, 2.45) is 5.73 Å². The highest BCUT2D eigenvalue weighted by atomic mass is 35.5. The van der Waals surface area contributed by atoms with Crippen molar-refractivity contribution in [3.8, 4) is 11.3 Å². The van der Waals surface area contributed by atoms with E-state index in [4.69, 9.17) is 17.3 Å². The van der Waals surface area contributed by atoms with Crippen molar-refractivity contribution in [1.82, 2.24) is 4.98 Å². The summed E-state index contributed by atoms with van der Waals surface area (Å²) < 4.78 is 0. The molecule has 0 saturated heterocycles. The van der Waals surface area contributed by atoms with Crippen LogP contribution in [0.15, 0.2) is 36.4 Å². The van der Waals surface area contributed by atoms with Crippen LogP contribution < -0.4 is 5.73 Å². The molecule has 0 saturated carbocycles. The number of aromatic nitrogens is 1. The van der Waals surface area contributed by atoms with Gasteiger partial charge in [0.25, 0.3) is 0 Å². The fourth-order valence-electron chi connectivity index (χ4n) is 1.81. The van der Waals surface area contributed by atoms with E-state index in [0.717, 1.165) is 22.5 Å². The largest absolute Gasteiger partial charge is 0.366 e. The first kappa shape index (κ1) is 15.5. The maximum atomic E-state index is 11.2. The van der Waals surface area contributed by atoms with Crippen LogP contribution >= 0.6 is 24.0 Å². The molecule has 1 amide bonds. The number of nitrogens with two attached hydrogens (primary N) is 1. The van der Waals surface area contributed by atoms with Gasteiger partial charge in [0.15, 0.2) is 0 Å². The number of amides is 1. The van der Waals surface area contributed by atoms with Crippen LogP contribution in [-0.4, -0.2) is 10.9 Å². The molecule has 2 aromatic rings. The average Bonchev–Trinajstić information content (AvgIpc) is 2.38. The van der Waals surface area contributed by atoms with Gasteiger partial charge in [-0.15, -0.1) is 24.0 Å². The van der Waals surface area contributed by atoms with Gasteiger partial charge >= 0.3 is 0 Å². The van der Waals surface area contributed by atoms with E-state index in [2.05, 4.69) is 4.98 Å². The third-order valence-corrected chi connectivity index (χ3v) is 3.01. The minimum Gasteiger partial charge on any atom is -0.366 e. The maximum Gasteiger partial charge on any atom is 0.248 e. The highest BCUT2D eigenvalue weighted by Gasteiger charge is 2.07. The highest BCUT2D eigenvalue weighted by molar-refractivity contribution is 6.16. The number of pyridine rings is 1. The van der Waals surface area contributed by atoms with E-state index in [1.807, 2.05) is 37.3 Å². The molecule has 0 unspecified atom stereocenters. The molecule has 0 bridgehead atoms. The van der Waals surface area contributed by atoms with Gasteiger partial charge in [-0.3, -0.25) is 9.78 Å². The number of carbonyl (C=O) groups is 1. The topological polar surface area (TPSA) is 56.0 Å². The number of hydrogen-bond acceptors (Lipinski definition) is 2. The number of nitrogens with zero attached hydrogens (tertiary/aromatic N) is 1. The molecule has 0 aliphatic heterocycles. The summed E-state index contributed by atoms with van der Waals surface area (Å²) in [6, 6.07) is 11.2. The van der Waals surface area contributed by atoms with E-state index in [1.165, 1.54) is 0 Å². The summed E-state index contributed by atoms with van der Waals surface area (Å²) in [5.74, 6) is -0.0341.